The number of carboxylic acid groups (broad SMARTS) is 1. The molecule has 2 aliphatic rings. The van der Waals surface area contributed by atoms with Crippen LogP contribution in [0.3, 0.4) is 0 Å². The molecule has 2 aromatic carbocycles. The highest BCUT2D eigenvalue weighted by Gasteiger charge is 2.37. The second-order valence-corrected chi connectivity index (χ2v) is 13.0. The minimum absolute atomic E-state index is 0.213. The van der Waals surface area contributed by atoms with Gasteiger partial charge in [-0.3, -0.25) is 14.5 Å². The third-order valence-corrected chi connectivity index (χ3v) is 9.89. The van der Waals surface area contributed by atoms with Gasteiger partial charge in [0.05, 0.1) is 47.5 Å². The van der Waals surface area contributed by atoms with E-state index in [4.69, 9.17) is 14.4 Å². The second kappa shape index (κ2) is 13.4. The molecule has 5 heterocycles. The third-order valence-electron chi connectivity index (χ3n) is 9.89. The van der Waals surface area contributed by atoms with E-state index in [9.17, 15) is 24.3 Å². The standard InChI is InChI=1S/C35H39N9O7/c1-18(37-34(47)50-4)32(45)43-14-6-11-26(43)30-39-23-9-5-8-21(28(23)41-30)31-36-17-27(51-31)20-12-13-22-24(16-20)40-29(38-22)25-10-7-15-44(25)33(46)19(2)42(3)35(48)49/h5,8-9,12-13,16-19,25-26H,6-7,10-11,14-15H2,1-4H3,(H,37,47)(H,38,40)(H,39,41)(H,48,49)/t18-,19-,25-,26-/m0/s1. The van der Waals surface area contributed by atoms with Gasteiger partial charge in [-0.2, -0.15) is 0 Å². The first-order valence-electron chi connectivity index (χ1n) is 16.9. The van der Waals surface area contributed by atoms with Crippen molar-refractivity contribution in [3.05, 3.63) is 54.2 Å². The summed E-state index contributed by atoms with van der Waals surface area (Å²) in [6.45, 7) is 4.30. The molecular weight excluding hydrogens is 658 g/mol. The summed E-state index contributed by atoms with van der Waals surface area (Å²) in [5, 5.41) is 11.9. The molecule has 0 saturated carbocycles. The number of likely N-dealkylation sites (tertiary alicyclic amines) is 2. The smallest absolute Gasteiger partial charge is 0.407 e. The molecule has 4 atom stereocenters. The van der Waals surface area contributed by atoms with Crippen molar-refractivity contribution < 1.29 is 33.4 Å². The summed E-state index contributed by atoms with van der Waals surface area (Å²) in [6.07, 6.45) is 2.87. The number of benzene rings is 2. The van der Waals surface area contributed by atoms with Crippen molar-refractivity contribution in [2.45, 2.75) is 63.7 Å². The summed E-state index contributed by atoms with van der Waals surface area (Å²) in [6, 6.07) is 9.25. The van der Waals surface area contributed by atoms with Gasteiger partial charge in [-0.05, 0) is 69.9 Å². The van der Waals surface area contributed by atoms with Gasteiger partial charge in [0.1, 0.15) is 29.2 Å². The number of alkyl carbamates (subject to hydrolysis) is 1. The zero-order valence-corrected chi connectivity index (χ0v) is 28.7. The molecule has 266 valence electrons. The van der Waals surface area contributed by atoms with Gasteiger partial charge in [-0.15, -0.1) is 0 Å². The fourth-order valence-corrected chi connectivity index (χ4v) is 7.00. The Hall–Kier alpha value is -5.93. The van der Waals surface area contributed by atoms with E-state index in [0.29, 0.717) is 53.9 Å². The molecule has 0 radical (unpaired) electrons. The molecular formula is C35H39N9O7. The Morgan fingerprint density at radius 2 is 1.67 bits per heavy atom. The van der Waals surface area contributed by atoms with Crippen molar-refractivity contribution in [1.29, 1.82) is 0 Å². The number of nitrogens with zero attached hydrogens (tertiary/aromatic N) is 6. The molecule has 0 spiro atoms. The van der Waals surface area contributed by atoms with Crippen molar-refractivity contribution in [3.63, 3.8) is 0 Å². The van der Waals surface area contributed by atoms with Crippen LogP contribution in [0.2, 0.25) is 0 Å². The lowest BCUT2D eigenvalue weighted by Gasteiger charge is -2.29. The van der Waals surface area contributed by atoms with Crippen LogP contribution in [0.15, 0.2) is 47.0 Å². The van der Waals surface area contributed by atoms with Gasteiger partial charge in [0, 0.05) is 25.7 Å². The number of H-pyrrole nitrogens is 2. The van der Waals surface area contributed by atoms with Crippen molar-refractivity contribution in [1.82, 2.24) is 44.9 Å². The third kappa shape index (κ3) is 6.21. The number of aromatic nitrogens is 5. The zero-order chi connectivity index (χ0) is 36.0. The van der Waals surface area contributed by atoms with Crippen LogP contribution in [0, 0.1) is 0 Å². The van der Waals surface area contributed by atoms with Crippen LogP contribution in [0.5, 0.6) is 0 Å². The number of hydrogen-bond acceptors (Lipinski definition) is 9. The molecule has 7 rings (SSSR count). The number of aromatic amines is 2. The number of fused-ring (bicyclic) bond motifs is 2. The molecule has 16 heteroatoms. The minimum Gasteiger partial charge on any atom is -0.465 e. The van der Waals surface area contributed by atoms with Crippen LogP contribution in [0.4, 0.5) is 9.59 Å². The summed E-state index contributed by atoms with van der Waals surface area (Å²) >= 11 is 0. The predicted octanol–water partition coefficient (Wildman–Crippen LogP) is 4.83. The van der Waals surface area contributed by atoms with Gasteiger partial charge >= 0.3 is 12.2 Å². The molecule has 2 fully saturated rings. The fraction of sp³-hybridized carbons (Fsp3) is 0.400. The summed E-state index contributed by atoms with van der Waals surface area (Å²) < 4.78 is 10.9. The van der Waals surface area contributed by atoms with Gasteiger partial charge in [0.2, 0.25) is 17.7 Å². The van der Waals surface area contributed by atoms with Gasteiger partial charge in [-0.1, -0.05) is 6.07 Å². The number of ether oxygens (including phenoxy) is 1. The van der Waals surface area contributed by atoms with Crippen LogP contribution >= 0.6 is 0 Å². The Morgan fingerprint density at radius 3 is 2.37 bits per heavy atom. The maximum Gasteiger partial charge on any atom is 0.407 e. The maximum absolute atomic E-state index is 13.2. The Kier molecular flexibility index (Phi) is 8.83. The van der Waals surface area contributed by atoms with E-state index < -0.39 is 24.3 Å². The zero-order valence-electron chi connectivity index (χ0n) is 28.7. The summed E-state index contributed by atoms with van der Waals surface area (Å²) in [4.78, 5) is 75.1. The number of para-hydroxylation sites is 1. The lowest BCUT2D eigenvalue weighted by Crippen LogP contribution is -2.47. The van der Waals surface area contributed by atoms with Gasteiger partial charge < -0.3 is 39.3 Å². The van der Waals surface area contributed by atoms with Gasteiger partial charge in [0.25, 0.3) is 0 Å². The molecule has 4 N–H and O–H groups in total. The van der Waals surface area contributed by atoms with Crippen molar-refractivity contribution in [2.75, 3.05) is 27.2 Å². The molecule has 2 saturated heterocycles. The molecule has 4 amide bonds. The van der Waals surface area contributed by atoms with Gasteiger partial charge in [-0.25, -0.2) is 24.5 Å². The molecule has 2 aliphatic heterocycles. The topological polar surface area (TPSA) is 203 Å². The van der Waals surface area contributed by atoms with E-state index in [1.807, 2.05) is 36.4 Å². The molecule has 0 unspecified atom stereocenters. The first-order chi connectivity index (χ1) is 24.5. The Bertz CT molecular complexity index is 2140. The number of hydrogen-bond donors (Lipinski definition) is 4. The van der Waals surface area contributed by atoms with E-state index in [0.717, 1.165) is 46.3 Å². The number of likely N-dealkylation sites (N-methyl/N-ethyl adjacent to an activating group) is 1. The highest BCUT2D eigenvalue weighted by atomic mass is 16.5. The Labute approximate surface area is 292 Å². The SMILES string of the molecule is COC(=O)N[C@@H](C)C(=O)N1CCC[C@H]1c1nc2c(-c3ncc(-c4ccc5nc([C@@H]6CCCN6C(=O)[C@H](C)N(C)C(=O)O)[nH]c5c4)o3)cccc2[nH]1. The van der Waals surface area contributed by atoms with E-state index in [-0.39, 0.29) is 23.9 Å². The van der Waals surface area contributed by atoms with Crippen molar-refractivity contribution in [2.24, 2.45) is 0 Å². The molecule has 0 aliphatic carbocycles. The quantitative estimate of drug-likeness (QED) is 0.174. The summed E-state index contributed by atoms with van der Waals surface area (Å²) in [5.41, 5.74) is 4.40. The van der Waals surface area contributed by atoms with Crippen LogP contribution < -0.4 is 5.32 Å². The van der Waals surface area contributed by atoms with Crippen LogP contribution in [-0.2, 0) is 14.3 Å². The average molecular weight is 698 g/mol. The first kappa shape index (κ1) is 33.6. The number of imidazole rings is 2. The number of methoxy groups -OCH3 is 1. The second-order valence-electron chi connectivity index (χ2n) is 13.0. The first-order valence-corrected chi connectivity index (χ1v) is 16.9. The molecule has 16 nitrogen and oxygen atoms in total. The predicted molar refractivity (Wildman–Crippen MR) is 184 cm³/mol. The summed E-state index contributed by atoms with van der Waals surface area (Å²) in [5.74, 6) is 1.75. The number of oxazole rings is 1. The lowest BCUT2D eigenvalue weighted by atomic mass is 10.1. The Balaban J connectivity index is 1.12. The van der Waals surface area contributed by atoms with Crippen LogP contribution in [0.1, 0.15) is 63.3 Å². The summed E-state index contributed by atoms with van der Waals surface area (Å²) in [7, 11) is 2.65. The average Bonchev–Trinajstić information content (AvgIpc) is 3.97. The van der Waals surface area contributed by atoms with E-state index in [1.165, 1.54) is 14.2 Å². The van der Waals surface area contributed by atoms with Crippen LogP contribution in [0.25, 0.3) is 44.8 Å². The number of rotatable bonds is 8. The number of carbonyl (C=O) groups excluding carboxylic acids is 3. The molecule has 5 aromatic rings. The van der Waals surface area contributed by atoms with Crippen LogP contribution in [-0.4, -0.2) is 108 Å². The van der Waals surface area contributed by atoms with E-state index in [1.54, 1.807) is 29.8 Å². The number of amides is 4. The largest absolute Gasteiger partial charge is 0.465 e. The number of carbonyl (C=O) groups is 4. The van der Waals surface area contributed by atoms with E-state index in [2.05, 4.69) is 25.0 Å². The molecule has 51 heavy (non-hydrogen) atoms. The number of nitrogens with one attached hydrogen (secondary N) is 3. The highest BCUT2D eigenvalue weighted by molar-refractivity contribution is 5.91. The van der Waals surface area contributed by atoms with Gasteiger partial charge in [0.15, 0.2) is 5.76 Å². The normalized spacial score (nSPS) is 18.7. The Morgan fingerprint density at radius 1 is 0.980 bits per heavy atom. The van der Waals surface area contributed by atoms with Crippen molar-refractivity contribution >= 4 is 46.1 Å². The highest BCUT2D eigenvalue weighted by Crippen LogP contribution is 2.37. The van der Waals surface area contributed by atoms with Crippen molar-refractivity contribution in [3.8, 4) is 22.8 Å². The molecule has 0 bridgehead atoms. The molecule has 3 aromatic heterocycles. The maximum atomic E-state index is 13.2. The minimum atomic E-state index is -1.16. The monoisotopic (exact) mass is 697 g/mol. The van der Waals surface area contributed by atoms with E-state index >= 15 is 0 Å². The lowest BCUT2D eigenvalue weighted by molar-refractivity contribution is -0.136. The fourth-order valence-electron chi connectivity index (χ4n) is 7.00.